The number of nitrogens with one attached hydrogen (secondary N) is 1. The van der Waals surface area contributed by atoms with Crippen LogP contribution in [0.15, 0.2) is 18.2 Å². The Morgan fingerprint density at radius 2 is 2.25 bits per heavy atom. The molecule has 0 spiro atoms. The maximum absolute atomic E-state index is 11.4. The summed E-state index contributed by atoms with van der Waals surface area (Å²) in [5, 5.41) is 2.90. The molecule has 1 aliphatic rings. The molecule has 4 nitrogen and oxygen atoms in total. The van der Waals surface area contributed by atoms with Crippen molar-refractivity contribution in [2.24, 2.45) is 0 Å². The summed E-state index contributed by atoms with van der Waals surface area (Å²) in [6.45, 7) is 0.832. The van der Waals surface area contributed by atoms with E-state index in [9.17, 15) is 4.79 Å². The molecule has 1 unspecified atom stereocenters. The van der Waals surface area contributed by atoms with E-state index in [0.29, 0.717) is 12.5 Å². The second-order valence-corrected chi connectivity index (χ2v) is 5.23. The van der Waals surface area contributed by atoms with E-state index in [0.717, 1.165) is 18.6 Å². The van der Waals surface area contributed by atoms with E-state index >= 15 is 0 Å². The lowest BCUT2D eigenvalue weighted by molar-refractivity contribution is -0.124. The molecule has 4 heteroatoms. The lowest BCUT2D eigenvalue weighted by atomic mass is 9.81. The van der Waals surface area contributed by atoms with Gasteiger partial charge in [0.15, 0.2) is 0 Å². The van der Waals surface area contributed by atoms with Crippen LogP contribution >= 0.6 is 0 Å². The van der Waals surface area contributed by atoms with Crippen LogP contribution in [0.3, 0.4) is 0 Å². The highest BCUT2D eigenvalue weighted by Gasteiger charge is 2.20. The standard InChI is InChI=1S/C16H23NO3/c1-19-11-16(18)17-9-8-13-5-3-4-12-6-7-14(20-2)10-15(12)13/h6-7,10,13H,3-5,8-9,11H2,1-2H3,(H,17,18). The number of ether oxygens (including phenoxy) is 2. The van der Waals surface area contributed by atoms with Gasteiger partial charge in [0.05, 0.1) is 7.11 Å². The molecule has 0 bridgehead atoms. The largest absolute Gasteiger partial charge is 0.497 e. The van der Waals surface area contributed by atoms with Crippen molar-refractivity contribution in [3.05, 3.63) is 29.3 Å². The summed E-state index contributed by atoms with van der Waals surface area (Å²) in [6, 6.07) is 6.35. The highest BCUT2D eigenvalue weighted by molar-refractivity contribution is 5.77. The van der Waals surface area contributed by atoms with Gasteiger partial charge in [-0.25, -0.2) is 0 Å². The van der Waals surface area contributed by atoms with Crippen LogP contribution in [-0.4, -0.2) is 33.3 Å². The summed E-state index contributed by atoms with van der Waals surface area (Å²) in [7, 11) is 3.23. The van der Waals surface area contributed by atoms with Crippen LogP contribution in [-0.2, 0) is 16.0 Å². The normalized spacial score (nSPS) is 17.4. The first kappa shape index (κ1) is 14.9. The molecular weight excluding hydrogens is 254 g/mol. The van der Waals surface area contributed by atoms with Crippen LogP contribution < -0.4 is 10.1 Å². The predicted octanol–water partition coefficient (Wildman–Crippen LogP) is 2.27. The van der Waals surface area contributed by atoms with Gasteiger partial charge in [0.1, 0.15) is 12.4 Å². The average Bonchev–Trinajstić information content (AvgIpc) is 2.47. The number of hydrogen-bond donors (Lipinski definition) is 1. The average molecular weight is 277 g/mol. The topological polar surface area (TPSA) is 47.6 Å². The molecule has 0 fully saturated rings. The molecule has 1 amide bonds. The molecule has 1 N–H and O–H groups in total. The van der Waals surface area contributed by atoms with Gasteiger partial charge in [-0.3, -0.25) is 4.79 Å². The quantitative estimate of drug-likeness (QED) is 0.867. The Balaban J connectivity index is 1.95. The third kappa shape index (κ3) is 3.73. The van der Waals surface area contributed by atoms with Gasteiger partial charge in [-0.05, 0) is 54.9 Å². The fourth-order valence-corrected chi connectivity index (χ4v) is 2.87. The van der Waals surface area contributed by atoms with Crippen molar-refractivity contribution in [2.45, 2.75) is 31.6 Å². The number of fused-ring (bicyclic) bond motifs is 1. The molecule has 2 rings (SSSR count). The zero-order valence-corrected chi connectivity index (χ0v) is 12.3. The van der Waals surface area contributed by atoms with Gasteiger partial charge in [0, 0.05) is 13.7 Å². The number of carbonyl (C=O) groups excluding carboxylic acids is 1. The van der Waals surface area contributed by atoms with Gasteiger partial charge >= 0.3 is 0 Å². The summed E-state index contributed by atoms with van der Waals surface area (Å²) in [5.41, 5.74) is 2.81. The smallest absolute Gasteiger partial charge is 0.245 e. The lowest BCUT2D eigenvalue weighted by Crippen LogP contribution is -2.29. The number of rotatable bonds is 6. The number of methoxy groups -OCH3 is 2. The maximum Gasteiger partial charge on any atom is 0.245 e. The molecule has 0 aliphatic heterocycles. The van der Waals surface area contributed by atoms with Crippen LogP contribution in [0.4, 0.5) is 0 Å². The molecule has 0 radical (unpaired) electrons. The molecular formula is C16H23NO3. The highest BCUT2D eigenvalue weighted by atomic mass is 16.5. The Morgan fingerprint density at radius 1 is 1.40 bits per heavy atom. The number of carbonyl (C=O) groups is 1. The Kier molecular flexibility index (Phi) is 5.41. The van der Waals surface area contributed by atoms with E-state index in [4.69, 9.17) is 9.47 Å². The zero-order chi connectivity index (χ0) is 14.4. The molecule has 1 aliphatic carbocycles. The van der Waals surface area contributed by atoms with Crippen molar-refractivity contribution in [1.82, 2.24) is 5.32 Å². The van der Waals surface area contributed by atoms with Crippen LogP contribution in [0, 0.1) is 0 Å². The first-order chi connectivity index (χ1) is 9.74. The fraction of sp³-hybridized carbons (Fsp3) is 0.562. The van der Waals surface area contributed by atoms with Crippen LogP contribution in [0.1, 0.15) is 36.3 Å². The first-order valence-electron chi connectivity index (χ1n) is 7.17. The van der Waals surface area contributed by atoms with Crippen molar-refractivity contribution < 1.29 is 14.3 Å². The molecule has 0 saturated heterocycles. The minimum atomic E-state index is -0.0471. The third-order valence-corrected chi connectivity index (χ3v) is 3.88. The van der Waals surface area contributed by atoms with E-state index in [2.05, 4.69) is 17.4 Å². The van der Waals surface area contributed by atoms with Gasteiger partial charge in [-0.1, -0.05) is 6.07 Å². The number of benzene rings is 1. The molecule has 0 heterocycles. The van der Waals surface area contributed by atoms with Crippen molar-refractivity contribution in [2.75, 3.05) is 27.4 Å². The second-order valence-electron chi connectivity index (χ2n) is 5.23. The van der Waals surface area contributed by atoms with Gasteiger partial charge in [-0.2, -0.15) is 0 Å². The van der Waals surface area contributed by atoms with Gasteiger partial charge in [-0.15, -0.1) is 0 Å². The van der Waals surface area contributed by atoms with Crippen LogP contribution in [0.25, 0.3) is 0 Å². The third-order valence-electron chi connectivity index (χ3n) is 3.88. The van der Waals surface area contributed by atoms with E-state index in [-0.39, 0.29) is 12.5 Å². The second kappa shape index (κ2) is 7.29. The lowest BCUT2D eigenvalue weighted by Gasteiger charge is -2.26. The molecule has 1 aromatic rings. The Morgan fingerprint density at radius 3 is 3.00 bits per heavy atom. The molecule has 110 valence electrons. The van der Waals surface area contributed by atoms with Gasteiger partial charge in [0.25, 0.3) is 0 Å². The van der Waals surface area contributed by atoms with Crippen molar-refractivity contribution in [3.63, 3.8) is 0 Å². The van der Waals surface area contributed by atoms with Gasteiger partial charge in [0.2, 0.25) is 5.91 Å². The van der Waals surface area contributed by atoms with E-state index < -0.39 is 0 Å². The molecule has 20 heavy (non-hydrogen) atoms. The number of amides is 1. The van der Waals surface area contributed by atoms with Crippen molar-refractivity contribution >= 4 is 5.91 Å². The fourth-order valence-electron chi connectivity index (χ4n) is 2.87. The number of aryl methyl sites for hydroxylation is 1. The monoisotopic (exact) mass is 277 g/mol. The maximum atomic E-state index is 11.4. The van der Waals surface area contributed by atoms with E-state index in [1.165, 1.54) is 31.1 Å². The molecule has 0 saturated carbocycles. The SMILES string of the molecule is COCC(=O)NCCC1CCCc2ccc(OC)cc21. The zero-order valence-electron chi connectivity index (χ0n) is 12.3. The Bertz CT molecular complexity index is 459. The molecule has 1 atom stereocenters. The Labute approximate surface area is 120 Å². The van der Waals surface area contributed by atoms with Crippen LogP contribution in [0.2, 0.25) is 0 Å². The minimum Gasteiger partial charge on any atom is -0.497 e. The minimum absolute atomic E-state index is 0.0471. The summed E-state index contributed by atoms with van der Waals surface area (Å²) in [4.78, 5) is 11.4. The Hall–Kier alpha value is -1.55. The molecule has 1 aromatic carbocycles. The summed E-state index contributed by atoms with van der Waals surface area (Å²) in [6.07, 6.45) is 4.51. The van der Waals surface area contributed by atoms with Crippen molar-refractivity contribution in [1.29, 1.82) is 0 Å². The first-order valence-corrected chi connectivity index (χ1v) is 7.17. The number of hydrogen-bond acceptors (Lipinski definition) is 3. The van der Waals surface area contributed by atoms with Gasteiger partial charge < -0.3 is 14.8 Å². The summed E-state index contributed by atoms with van der Waals surface area (Å²) in [5.74, 6) is 1.38. The molecule has 0 aromatic heterocycles. The van der Waals surface area contributed by atoms with E-state index in [1.54, 1.807) is 7.11 Å². The van der Waals surface area contributed by atoms with Crippen molar-refractivity contribution in [3.8, 4) is 5.75 Å². The highest BCUT2D eigenvalue weighted by Crippen LogP contribution is 2.35. The summed E-state index contributed by atoms with van der Waals surface area (Å²) >= 11 is 0. The van der Waals surface area contributed by atoms with Crippen LogP contribution in [0.5, 0.6) is 5.75 Å². The summed E-state index contributed by atoms with van der Waals surface area (Å²) < 4.78 is 10.1. The predicted molar refractivity (Wildman–Crippen MR) is 78.2 cm³/mol. The van der Waals surface area contributed by atoms with E-state index in [1.807, 2.05) is 6.07 Å².